The van der Waals surface area contributed by atoms with E-state index in [1.54, 1.807) is 0 Å². The Balaban J connectivity index is 1.80. The Morgan fingerprint density at radius 3 is 2.25 bits per heavy atom. The summed E-state index contributed by atoms with van der Waals surface area (Å²) in [7, 11) is 0. The van der Waals surface area contributed by atoms with Crippen molar-refractivity contribution in [3.8, 4) is 11.1 Å². The standard InChI is InChI=1S/C24H31NO3/c1-17-12-18(2)14-22(13-17)21-6-4-20(5-7-21)15-24(8-10-28-11-9-24)23(27)25-19(3)16-26/h4-7,12-14,19,26H,8-11,15-16H2,1-3H3,(H,25,27)/t19-/m1/s1. The summed E-state index contributed by atoms with van der Waals surface area (Å²) >= 11 is 0. The lowest BCUT2D eigenvalue weighted by atomic mass is 9.74. The third-order valence-electron chi connectivity index (χ3n) is 5.63. The number of carbonyl (C=O) groups is 1. The molecule has 1 amide bonds. The topological polar surface area (TPSA) is 58.6 Å². The quantitative estimate of drug-likeness (QED) is 0.800. The molecule has 1 saturated heterocycles. The van der Waals surface area contributed by atoms with Gasteiger partial charge in [0.05, 0.1) is 12.0 Å². The van der Waals surface area contributed by atoms with Gasteiger partial charge in [0.1, 0.15) is 0 Å². The molecule has 4 nitrogen and oxygen atoms in total. The molecule has 1 aliphatic rings. The number of carbonyl (C=O) groups excluding carboxylic acids is 1. The van der Waals surface area contributed by atoms with E-state index in [1.807, 2.05) is 6.92 Å². The lowest BCUT2D eigenvalue weighted by Crippen LogP contribution is -2.49. The third-order valence-corrected chi connectivity index (χ3v) is 5.63. The number of aryl methyl sites for hydroxylation is 2. The summed E-state index contributed by atoms with van der Waals surface area (Å²) in [5.74, 6) is 0.0238. The Bertz CT molecular complexity index is 787. The minimum atomic E-state index is -0.469. The first kappa shape index (κ1) is 20.6. The van der Waals surface area contributed by atoms with Gasteiger partial charge in [-0.05, 0) is 56.7 Å². The average molecular weight is 382 g/mol. The Morgan fingerprint density at radius 1 is 1.07 bits per heavy atom. The first-order valence-corrected chi connectivity index (χ1v) is 10.1. The third kappa shape index (κ3) is 4.81. The van der Waals surface area contributed by atoms with Crippen LogP contribution in [-0.2, 0) is 16.0 Å². The van der Waals surface area contributed by atoms with Gasteiger partial charge in [0.25, 0.3) is 0 Å². The van der Waals surface area contributed by atoms with Gasteiger partial charge in [0.2, 0.25) is 5.91 Å². The predicted octanol–water partition coefficient (Wildman–Crippen LogP) is 3.81. The van der Waals surface area contributed by atoms with Crippen LogP contribution in [0.2, 0.25) is 0 Å². The first-order chi connectivity index (χ1) is 13.4. The van der Waals surface area contributed by atoms with Gasteiger partial charge in [-0.25, -0.2) is 0 Å². The molecule has 1 heterocycles. The van der Waals surface area contributed by atoms with Gasteiger partial charge in [-0.1, -0.05) is 53.6 Å². The van der Waals surface area contributed by atoms with Crippen molar-refractivity contribution in [2.24, 2.45) is 5.41 Å². The predicted molar refractivity (Wildman–Crippen MR) is 112 cm³/mol. The Hall–Kier alpha value is -2.17. The maximum atomic E-state index is 13.0. The highest BCUT2D eigenvalue weighted by Crippen LogP contribution is 2.35. The molecule has 2 aromatic carbocycles. The number of ether oxygens (including phenoxy) is 1. The largest absolute Gasteiger partial charge is 0.394 e. The summed E-state index contributed by atoms with van der Waals surface area (Å²) in [6, 6.07) is 14.9. The van der Waals surface area contributed by atoms with E-state index in [-0.39, 0.29) is 18.6 Å². The maximum absolute atomic E-state index is 13.0. The van der Waals surface area contributed by atoms with Crippen LogP contribution in [0, 0.1) is 19.3 Å². The van der Waals surface area contributed by atoms with Crippen LogP contribution in [0.5, 0.6) is 0 Å². The molecule has 0 bridgehead atoms. The summed E-state index contributed by atoms with van der Waals surface area (Å²) < 4.78 is 5.51. The van der Waals surface area contributed by atoms with Crippen LogP contribution in [0.1, 0.15) is 36.5 Å². The van der Waals surface area contributed by atoms with Gasteiger partial charge in [0.15, 0.2) is 0 Å². The van der Waals surface area contributed by atoms with Crippen LogP contribution in [0.3, 0.4) is 0 Å². The number of amides is 1. The molecule has 2 N–H and O–H groups in total. The molecule has 3 rings (SSSR count). The van der Waals surface area contributed by atoms with Crippen LogP contribution in [-0.4, -0.2) is 36.9 Å². The zero-order chi connectivity index (χ0) is 20.1. The number of benzene rings is 2. The van der Waals surface area contributed by atoms with Crippen LogP contribution >= 0.6 is 0 Å². The minimum Gasteiger partial charge on any atom is -0.394 e. The second kappa shape index (κ2) is 8.89. The summed E-state index contributed by atoms with van der Waals surface area (Å²) in [5, 5.41) is 12.3. The number of rotatable bonds is 6. The van der Waals surface area contributed by atoms with Gasteiger partial charge in [-0.2, -0.15) is 0 Å². The first-order valence-electron chi connectivity index (χ1n) is 10.1. The minimum absolute atomic E-state index is 0.0238. The van der Waals surface area contributed by atoms with Gasteiger partial charge < -0.3 is 15.2 Å². The van der Waals surface area contributed by atoms with E-state index in [1.165, 1.54) is 22.3 Å². The van der Waals surface area contributed by atoms with E-state index in [9.17, 15) is 9.90 Å². The molecule has 4 heteroatoms. The summed E-state index contributed by atoms with van der Waals surface area (Å²) in [4.78, 5) is 13.0. The van der Waals surface area contributed by atoms with Crippen molar-refractivity contribution in [2.45, 2.75) is 46.1 Å². The van der Waals surface area contributed by atoms with Crippen molar-refractivity contribution in [3.63, 3.8) is 0 Å². The molecule has 0 radical (unpaired) electrons. The van der Waals surface area contributed by atoms with E-state index in [2.05, 4.69) is 61.6 Å². The number of aliphatic hydroxyl groups excluding tert-OH is 1. The summed E-state index contributed by atoms with van der Waals surface area (Å²) in [6.45, 7) is 7.20. The van der Waals surface area contributed by atoms with E-state index in [4.69, 9.17) is 4.74 Å². The van der Waals surface area contributed by atoms with Crippen molar-refractivity contribution < 1.29 is 14.6 Å². The van der Waals surface area contributed by atoms with Crippen LogP contribution in [0.15, 0.2) is 42.5 Å². The highest BCUT2D eigenvalue weighted by Gasteiger charge is 2.40. The fraction of sp³-hybridized carbons (Fsp3) is 0.458. The fourth-order valence-electron chi connectivity index (χ4n) is 4.02. The van der Waals surface area contributed by atoms with Crippen LogP contribution in [0.25, 0.3) is 11.1 Å². The van der Waals surface area contributed by atoms with E-state index in [0.29, 0.717) is 32.5 Å². The van der Waals surface area contributed by atoms with Crippen molar-refractivity contribution in [1.82, 2.24) is 5.32 Å². The monoisotopic (exact) mass is 381 g/mol. The van der Waals surface area contributed by atoms with E-state index >= 15 is 0 Å². The Kier molecular flexibility index (Phi) is 6.53. The van der Waals surface area contributed by atoms with Crippen molar-refractivity contribution in [1.29, 1.82) is 0 Å². The van der Waals surface area contributed by atoms with Gasteiger partial charge >= 0.3 is 0 Å². The molecular formula is C24H31NO3. The van der Waals surface area contributed by atoms with Crippen molar-refractivity contribution >= 4 is 5.91 Å². The molecule has 1 fully saturated rings. The Morgan fingerprint density at radius 2 is 1.68 bits per heavy atom. The van der Waals surface area contributed by atoms with E-state index in [0.717, 1.165) is 5.56 Å². The van der Waals surface area contributed by atoms with Crippen molar-refractivity contribution in [3.05, 3.63) is 59.2 Å². The summed E-state index contributed by atoms with van der Waals surface area (Å²) in [6.07, 6.45) is 2.10. The number of nitrogens with one attached hydrogen (secondary N) is 1. The normalized spacial score (nSPS) is 17.1. The molecule has 0 aliphatic carbocycles. The van der Waals surface area contributed by atoms with Gasteiger partial charge in [0, 0.05) is 19.3 Å². The zero-order valence-electron chi connectivity index (χ0n) is 17.1. The fourth-order valence-corrected chi connectivity index (χ4v) is 4.02. The molecule has 0 saturated carbocycles. The highest BCUT2D eigenvalue weighted by atomic mass is 16.5. The lowest BCUT2D eigenvalue weighted by molar-refractivity contribution is -0.137. The molecule has 0 spiro atoms. The molecule has 0 unspecified atom stereocenters. The van der Waals surface area contributed by atoms with Crippen molar-refractivity contribution in [2.75, 3.05) is 19.8 Å². The van der Waals surface area contributed by atoms with Gasteiger partial charge in [-0.3, -0.25) is 4.79 Å². The highest BCUT2D eigenvalue weighted by molar-refractivity contribution is 5.83. The second-order valence-corrected chi connectivity index (χ2v) is 8.20. The molecule has 0 aromatic heterocycles. The number of hydrogen-bond acceptors (Lipinski definition) is 3. The average Bonchev–Trinajstić information content (AvgIpc) is 2.68. The molecular weight excluding hydrogens is 350 g/mol. The zero-order valence-corrected chi connectivity index (χ0v) is 17.1. The molecule has 28 heavy (non-hydrogen) atoms. The summed E-state index contributed by atoms with van der Waals surface area (Å²) in [5.41, 5.74) is 5.62. The maximum Gasteiger partial charge on any atom is 0.227 e. The van der Waals surface area contributed by atoms with E-state index < -0.39 is 5.41 Å². The second-order valence-electron chi connectivity index (χ2n) is 8.20. The molecule has 150 valence electrons. The van der Waals surface area contributed by atoms with Crippen LogP contribution in [0.4, 0.5) is 0 Å². The Labute approximate surface area is 167 Å². The SMILES string of the molecule is Cc1cc(C)cc(-c2ccc(CC3(C(=O)N[C@H](C)CO)CCOCC3)cc2)c1. The van der Waals surface area contributed by atoms with Crippen LogP contribution < -0.4 is 5.32 Å². The number of hydrogen-bond donors (Lipinski definition) is 2. The molecule has 2 aromatic rings. The molecule has 1 aliphatic heterocycles. The molecule has 1 atom stereocenters. The number of aliphatic hydroxyl groups is 1. The van der Waals surface area contributed by atoms with Gasteiger partial charge in [-0.15, -0.1) is 0 Å². The lowest BCUT2D eigenvalue weighted by Gasteiger charge is -2.36. The smallest absolute Gasteiger partial charge is 0.227 e.